The second kappa shape index (κ2) is 8.17. The quantitative estimate of drug-likeness (QED) is 0.766. The van der Waals surface area contributed by atoms with E-state index in [1.807, 2.05) is 4.90 Å². The summed E-state index contributed by atoms with van der Waals surface area (Å²) in [6.07, 6.45) is -2.52. The third-order valence-electron chi connectivity index (χ3n) is 4.08. The molecule has 0 radical (unpaired) electrons. The van der Waals surface area contributed by atoms with Crippen molar-refractivity contribution in [2.45, 2.75) is 31.9 Å². The Kier molecular flexibility index (Phi) is 6.22. The number of aliphatic carboxylic acids is 1. The molecule has 1 N–H and O–H groups in total. The number of nitrogens with one attached hydrogen (secondary N) is 1. The predicted molar refractivity (Wildman–Crippen MR) is 80.3 cm³/mol. The van der Waals surface area contributed by atoms with Crippen molar-refractivity contribution >= 4 is 17.7 Å². The molecule has 9 heteroatoms. The van der Waals surface area contributed by atoms with Crippen molar-refractivity contribution in [2.75, 3.05) is 31.1 Å². The molecular formula is C16H20F3N3O3. The lowest BCUT2D eigenvalue weighted by atomic mass is 10.2. The molecule has 1 saturated heterocycles. The van der Waals surface area contributed by atoms with Crippen LogP contribution in [0.1, 0.15) is 31.2 Å². The summed E-state index contributed by atoms with van der Waals surface area (Å²) in [6.45, 7) is 2.10. The second-order valence-electron chi connectivity index (χ2n) is 5.91. The lowest BCUT2D eigenvalue weighted by molar-refractivity contribution is -0.367. The van der Waals surface area contributed by atoms with E-state index in [-0.39, 0.29) is 25.2 Å². The van der Waals surface area contributed by atoms with Crippen LogP contribution in [0.5, 0.6) is 0 Å². The number of anilines is 1. The van der Waals surface area contributed by atoms with Gasteiger partial charge in [-0.2, -0.15) is 13.2 Å². The van der Waals surface area contributed by atoms with Gasteiger partial charge in [-0.25, -0.2) is 4.98 Å². The summed E-state index contributed by atoms with van der Waals surface area (Å²) in [5.41, 5.74) is -0.740. The van der Waals surface area contributed by atoms with Gasteiger partial charge in [0.05, 0.1) is 18.7 Å². The van der Waals surface area contributed by atoms with E-state index >= 15 is 0 Å². The molecule has 25 heavy (non-hydrogen) atoms. The number of alkyl halides is 3. The van der Waals surface area contributed by atoms with Crippen molar-refractivity contribution in [3.63, 3.8) is 0 Å². The summed E-state index contributed by atoms with van der Waals surface area (Å²) in [5, 5.41) is 10.4. The topological polar surface area (TPSA) is 77.8 Å². The number of hydrogen-bond donors (Lipinski definition) is 0. The number of hydrogen-bond acceptors (Lipinski definition) is 4. The van der Waals surface area contributed by atoms with E-state index in [4.69, 9.17) is 0 Å². The fraction of sp³-hybridized carbons (Fsp3) is 0.562. The lowest BCUT2D eigenvalue weighted by Gasteiger charge is -2.20. The molecule has 1 aromatic heterocycles. The highest BCUT2D eigenvalue weighted by atomic mass is 19.4. The molecule has 0 unspecified atom stereocenters. The fourth-order valence-corrected chi connectivity index (χ4v) is 2.74. The van der Waals surface area contributed by atoms with Crippen LogP contribution in [0.2, 0.25) is 0 Å². The van der Waals surface area contributed by atoms with Crippen LogP contribution in [0.4, 0.5) is 19.0 Å². The minimum Gasteiger partial charge on any atom is -0.550 e. The summed E-state index contributed by atoms with van der Waals surface area (Å²) < 4.78 is 37.8. The number of aromatic amines is 1. The number of amides is 1. The minimum atomic E-state index is -4.39. The third-order valence-corrected chi connectivity index (χ3v) is 4.08. The number of H-pyrrole nitrogens is 1. The summed E-state index contributed by atoms with van der Waals surface area (Å²) in [6, 6.07) is 2.42. The molecule has 0 aromatic carbocycles. The van der Waals surface area contributed by atoms with Crippen LogP contribution in [0.3, 0.4) is 0 Å². The van der Waals surface area contributed by atoms with Crippen molar-refractivity contribution in [1.29, 1.82) is 0 Å². The Balaban J connectivity index is 1.90. The number of halogens is 3. The molecule has 1 aliphatic rings. The number of aromatic nitrogens is 1. The predicted octanol–water partition coefficient (Wildman–Crippen LogP) is 0.478. The Morgan fingerprint density at radius 1 is 1.12 bits per heavy atom. The number of carbonyl (C=O) groups is 2. The normalized spacial score (nSPS) is 15.8. The first-order chi connectivity index (χ1) is 11.8. The van der Waals surface area contributed by atoms with Gasteiger partial charge in [0, 0.05) is 31.4 Å². The summed E-state index contributed by atoms with van der Waals surface area (Å²) in [5.74, 6) is -0.716. The first-order valence-electron chi connectivity index (χ1n) is 8.09. The molecule has 1 amide bonds. The van der Waals surface area contributed by atoms with Crippen LogP contribution in [0.25, 0.3) is 0 Å². The monoisotopic (exact) mass is 359 g/mol. The van der Waals surface area contributed by atoms with E-state index in [9.17, 15) is 27.9 Å². The van der Waals surface area contributed by atoms with Crippen molar-refractivity contribution in [3.05, 3.63) is 23.9 Å². The maximum atomic E-state index is 12.6. The van der Waals surface area contributed by atoms with Gasteiger partial charge >= 0.3 is 6.18 Å². The zero-order valence-electron chi connectivity index (χ0n) is 13.6. The van der Waals surface area contributed by atoms with Crippen LogP contribution in [-0.2, 0) is 15.8 Å². The number of rotatable bonds is 5. The molecule has 0 aliphatic carbocycles. The molecule has 6 nitrogen and oxygen atoms in total. The molecule has 0 bridgehead atoms. The summed E-state index contributed by atoms with van der Waals surface area (Å²) in [7, 11) is 0. The summed E-state index contributed by atoms with van der Waals surface area (Å²) >= 11 is 0. The highest BCUT2D eigenvalue weighted by Gasteiger charge is 2.32. The molecule has 138 valence electrons. The molecule has 1 aromatic rings. The van der Waals surface area contributed by atoms with Crippen LogP contribution >= 0.6 is 0 Å². The smallest absolute Gasteiger partial charge is 0.419 e. The van der Waals surface area contributed by atoms with Gasteiger partial charge in [0.1, 0.15) is 12.7 Å². The standard InChI is InChI=1S/C16H20F3N3O3/c17-16(18,19)12-5-6-13(20-11-12)21-7-2-8-22(10-9-21)14(23)3-1-4-15(24)25/h5-6,11H,1-4,7-10H2,(H,24,25). The van der Waals surface area contributed by atoms with E-state index < -0.39 is 17.7 Å². The van der Waals surface area contributed by atoms with Gasteiger partial charge in [-0.15, -0.1) is 0 Å². The lowest BCUT2D eigenvalue weighted by Crippen LogP contribution is -2.36. The number of carboxylic acids is 1. The number of carboxylic acid groups (broad SMARTS) is 1. The Morgan fingerprint density at radius 2 is 1.88 bits per heavy atom. The highest BCUT2D eigenvalue weighted by molar-refractivity contribution is 5.77. The molecule has 1 fully saturated rings. The minimum absolute atomic E-state index is 0.112. The van der Waals surface area contributed by atoms with Gasteiger partial charge in [0.2, 0.25) is 5.91 Å². The van der Waals surface area contributed by atoms with Crippen molar-refractivity contribution in [2.24, 2.45) is 0 Å². The Morgan fingerprint density at radius 3 is 2.48 bits per heavy atom. The van der Waals surface area contributed by atoms with E-state index in [2.05, 4.69) is 4.98 Å². The van der Waals surface area contributed by atoms with E-state index in [0.717, 1.165) is 12.3 Å². The van der Waals surface area contributed by atoms with E-state index in [1.165, 1.54) is 6.07 Å². The highest BCUT2D eigenvalue weighted by Crippen LogP contribution is 2.28. The van der Waals surface area contributed by atoms with Gasteiger partial charge in [-0.1, -0.05) is 0 Å². The maximum absolute atomic E-state index is 12.6. The van der Waals surface area contributed by atoms with Crippen LogP contribution in [-0.4, -0.2) is 43.0 Å². The van der Waals surface area contributed by atoms with Crippen molar-refractivity contribution < 1.29 is 32.9 Å². The van der Waals surface area contributed by atoms with Crippen LogP contribution in [0, 0.1) is 0 Å². The van der Waals surface area contributed by atoms with Crippen LogP contribution < -0.4 is 15.0 Å². The second-order valence-corrected chi connectivity index (χ2v) is 5.91. The molecule has 2 heterocycles. The largest absolute Gasteiger partial charge is 0.550 e. The Bertz CT molecular complexity index is 605. The van der Waals surface area contributed by atoms with Gasteiger partial charge < -0.3 is 14.8 Å². The summed E-state index contributed by atoms with van der Waals surface area (Å²) in [4.78, 5) is 28.7. The van der Waals surface area contributed by atoms with Crippen molar-refractivity contribution in [1.82, 2.24) is 4.90 Å². The fourth-order valence-electron chi connectivity index (χ4n) is 2.74. The SMILES string of the molecule is O=C([O-])CCCC(=O)N1CCCN(c2ccc(C(F)(F)F)c[nH+]2)CC1. The Hall–Kier alpha value is -2.32. The maximum Gasteiger partial charge on any atom is 0.419 e. The van der Waals surface area contributed by atoms with Gasteiger partial charge in [0.15, 0.2) is 0 Å². The number of nitrogens with zero attached hydrogens (tertiary/aromatic N) is 2. The Labute approximate surface area is 143 Å². The van der Waals surface area contributed by atoms with E-state index in [0.29, 0.717) is 38.4 Å². The molecular weight excluding hydrogens is 339 g/mol. The molecule has 2 rings (SSSR count). The third kappa shape index (κ3) is 5.61. The average molecular weight is 359 g/mol. The zero-order chi connectivity index (χ0) is 18.4. The molecule has 0 saturated carbocycles. The van der Waals surface area contributed by atoms with Gasteiger partial charge in [-0.05, 0) is 18.9 Å². The van der Waals surface area contributed by atoms with Gasteiger partial charge in [-0.3, -0.25) is 9.69 Å². The molecule has 0 spiro atoms. The molecule has 0 atom stereocenters. The number of carbonyl (C=O) groups excluding carboxylic acids is 2. The number of pyridine rings is 1. The average Bonchev–Trinajstić information content (AvgIpc) is 2.80. The zero-order valence-corrected chi connectivity index (χ0v) is 13.6. The first-order valence-corrected chi connectivity index (χ1v) is 8.09. The van der Waals surface area contributed by atoms with E-state index in [1.54, 1.807) is 4.90 Å². The first kappa shape index (κ1) is 19.0. The van der Waals surface area contributed by atoms with Crippen LogP contribution in [0.15, 0.2) is 18.3 Å². The van der Waals surface area contributed by atoms with Gasteiger partial charge in [0.25, 0.3) is 5.82 Å². The van der Waals surface area contributed by atoms with Crippen molar-refractivity contribution in [3.8, 4) is 0 Å². The molecule has 1 aliphatic heterocycles.